The molecule has 0 spiro atoms. The number of nitrogen functional groups attached to an aromatic ring is 2. The number of nitro groups is 3. The molecule has 506 valence electrons. The molecule has 0 saturated carbocycles. The molecule has 29 nitrogen and oxygen atoms in total. The number of phenolic OH excluding ortho intramolecular Hbond substituents is 1. The first kappa shape index (κ1) is 70.2. The van der Waals surface area contributed by atoms with Gasteiger partial charge in [0.15, 0.2) is 17.2 Å². The van der Waals surface area contributed by atoms with Crippen LogP contribution in [-0.2, 0) is 0 Å². The lowest BCUT2D eigenvalue weighted by atomic mass is 10.1. The van der Waals surface area contributed by atoms with E-state index in [0.717, 1.165) is 39.6 Å². The molecule has 0 unspecified atom stereocenters. The van der Waals surface area contributed by atoms with E-state index in [-0.39, 0.29) is 40.1 Å². The van der Waals surface area contributed by atoms with Gasteiger partial charge in [0.05, 0.1) is 78.8 Å². The van der Waals surface area contributed by atoms with E-state index >= 15 is 0 Å². The Kier molecular flexibility index (Phi) is 23.4. The number of nitrogens with zero attached hydrogens (tertiary/aromatic N) is 11. The van der Waals surface area contributed by atoms with E-state index in [2.05, 4.69) is 61.1 Å². The van der Waals surface area contributed by atoms with Crippen LogP contribution in [-0.4, -0.2) is 95.3 Å². The average Bonchev–Trinajstić information content (AvgIpc) is 0.835. The summed E-state index contributed by atoms with van der Waals surface area (Å²) in [7, 11) is 7.36. The van der Waals surface area contributed by atoms with Crippen LogP contribution in [0.1, 0.15) is 11.1 Å². The number of benzene rings is 8. The number of nitrogens with one attached hydrogen (secondary N) is 4. The van der Waals surface area contributed by atoms with E-state index < -0.39 is 14.8 Å². The fraction of sp³-hybridized carbons (Fsp3) is 0.0986. The lowest BCUT2D eigenvalue weighted by Gasteiger charge is -2.09. The van der Waals surface area contributed by atoms with Gasteiger partial charge < -0.3 is 61.5 Å². The second-order valence-electron chi connectivity index (χ2n) is 21.2. The molecule has 0 fully saturated rings. The van der Waals surface area contributed by atoms with Crippen LogP contribution >= 0.6 is 0 Å². The van der Waals surface area contributed by atoms with Crippen LogP contribution in [0.4, 0.5) is 75.0 Å². The zero-order chi connectivity index (χ0) is 71.2. The molecule has 29 heteroatoms. The van der Waals surface area contributed by atoms with Crippen molar-refractivity contribution in [2.45, 2.75) is 13.8 Å². The van der Waals surface area contributed by atoms with Gasteiger partial charge in [-0.15, -0.1) is 0 Å². The van der Waals surface area contributed by atoms with Gasteiger partial charge in [0.2, 0.25) is 23.8 Å². The van der Waals surface area contributed by atoms with Gasteiger partial charge in [-0.3, -0.25) is 30.3 Å². The number of nitrogens with two attached hydrogens (primary N) is 2. The van der Waals surface area contributed by atoms with Crippen LogP contribution in [0.3, 0.4) is 0 Å². The molecule has 8 aromatic carbocycles. The first-order valence-corrected chi connectivity index (χ1v) is 30.0. The number of nitro benzene ring substituents is 3. The normalized spacial score (nSPS) is 10.3. The molecular formula is C71H65N17O12. The second kappa shape index (κ2) is 33.3. The summed E-state index contributed by atoms with van der Waals surface area (Å²) in [6.45, 7) is 4.08. The Labute approximate surface area is 572 Å². The highest BCUT2D eigenvalue weighted by molar-refractivity contribution is 5.72. The molecule has 0 aliphatic heterocycles. The van der Waals surface area contributed by atoms with Gasteiger partial charge in [-0.25, -0.2) is 39.9 Å². The highest BCUT2D eigenvalue weighted by Gasteiger charge is 2.20. The van der Waals surface area contributed by atoms with E-state index in [1.807, 2.05) is 105 Å². The summed E-state index contributed by atoms with van der Waals surface area (Å²) in [6, 6.07) is 53.7. The fourth-order valence-corrected chi connectivity index (χ4v) is 9.40. The third-order valence-electron chi connectivity index (χ3n) is 14.5. The summed E-state index contributed by atoms with van der Waals surface area (Å²) >= 11 is 0. The summed E-state index contributed by atoms with van der Waals surface area (Å²) in [4.78, 5) is 66.6. The summed E-state index contributed by atoms with van der Waals surface area (Å²) < 4.78 is 25.3. The molecule has 0 atom stereocenters. The summed E-state index contributed by atoms with van der Waals surface area (Å²) in [5.74, 6) is 3.69. The number of aromatic nitrogens is 8. The highest BCUT2D eigenvalue weighted by atomic mass is 16.6. The van der Waals surface area contributed by atoms with Crippen molar-refractivity contribution in [3.63, 3.8) is 0 Å². The number of anilines is 10. The van der Waals surface area contributed by atoms with Gasteiger partial charge in [-0.2, -0.15) is 0 Å². The van der Waals surface area contributed by atoms with Crippen molar-refractivity contribution < 1.29 is 43.6 Å². The molecule has 0 saturated heterocycles. The second-order valence-corrected chi connectivity index (χ2v) is 21.2. The average molecular weight is 1350 g/mol. The molecule has 12 rings (SSSR count). The van der Waals surface area contributed by atoms with Crippen LogP contribution < -0.4 is 56.4 Å². The zero-order valence-corrected chi connectivity index (χ0v) is 54.7. The number of aromatic hydroxyl groups is 1. The smallest absolute Gasteiger partial charge is 0.311 e. The highest BCUT2D eigenvalue weighted by Crippen LogP contribution is 2.36. The van der Waals surface area contributed by atoms with Crippen molar-refractivity contribution in [2.75, 3.05) is 68.3 Å². The minimum Gasteiger partial charge on any atom is -0.508 e. The molecule has 0 aliphatic rings. The van der Waals surface area contributed by atoms with E-state index in [1.54, 1.807) is 106 Å². The van der Waals surface area contributed by atoms with Gasteiger partial charge >= 0.3 is 17.1 Å². The maximum atomic E-state index is 11.2. The summed E-state index contributed by atoms with van der Waals surface area (Å²) in [5.41, 5.74) is 23.2. The molecule has 100 heavy (non-hydrogen) atoms. The number of rotatable bonds is 20. The Morgan fingerprint density at radius 2 is 0.730 bits per heavy atom. The molecule has 4 aromatic heterocycles. The van der Waals surface area contributed by atoms with Crippen LogP contribution in [0.15, 0.2) is 213 Å². The number of phenols is 1. The third kappa shape index (κ3) is 18.8. The molecule has 0 radical (unpaired) electrons. The quantitative estimate of drug-likeness (QED) is 0.0212. The van der Waals surface area contributed by atoms with E-state index in [9.17, 15) is 35.4 Å². The third-order valence-corrected chi connectivity index (χ3v) is 14.5. The van der Waals surface area contributed by atoms with Crippen molar-refractivity contribution >= 4 is 75.0 Å². The minimum absolute atomic E-state index is 0.104. The van der Waals surface area contributed by atoms with Crippen molar-refractivity contribution in [3.05, 3.63) is 254 Å². The van der Waals surface area contributed by atoms with Crippen molar-refractivity contribution in [3.8, 4) is 79.5 Å². The van der Waals surface area contributed by atoms with E-state index in [4.69, 9.17) is 35.2 Å². The van der Waals surface area contributed by atoms with Gasteiger partial charge in [0.1, 0.15) is 17.2 Å². The van der Waals surface area contributed by atoms with Crippen molar-refractivity contribution in [1.82, 2.24) is 39.9 Å². The SMILES string of the molecule is COc1ccc(-c2ccnc(Nc3ccc(C)c(C)c3)n2)cc1[N+](=O)[O-].COc1ccc(-c2ccnc(Nc3cccc(N)c3)n2)cc1N.COc1ccc(-c2ccnc(Nc3cccc(O)c3)n2)cc1[N+](=O)[O-].COc1ccc(Nc2nccc(-c3ccc(OC)c([N+](=O)[O-])c3)n2)cc1. The van der Waals surface area contributed by atoms with Crippen LogP contribution in [0.5, 0.6) is 34.5 Å². The molecule has 12 aromatic rings. The monoisotopic (exact) mass is 1350 g/mol. The fourth-order valence-electron chi connectivity index (χ4n) is 9.40. The van der Waals surface area contributed by atoms with Gasteiger partial charge in [-0.1, -0.05) is 18.2 Å². The molecule has 0 bridgehead atoms. The first-order chi connectivity index (χ1) is 48.3. The largest absolute Gasteiger partial charge is 0.508 e. The standard InChI is InChI=1S/C19H18N4O3.C18H16N4O4.C17H17N5O.C17H14N4O4/c1-12-4-6-15(10-13(12)2)21-19-20-9-8-16(22-19)14-5-7-18(26-3)17(11-14)23(24)25;1-25-14-6-4-13(5-7-14)20-18-19-10-9-15(21-18)12-3-8-17(26-2)16(11-12)22(23)24;1-23-16-6-5-11(9-14(16)19)15-7-8-20-17(22-15)21-13-4-2-3-12(18)10-13;1-25-16-6-5-11(9-15(16)21(23)24)14-7-8-18-17(20-14)19-12-3-2-4-13(22)10-12/h4-11H,1-3H3,(H,20,21,22);3-11H,1-2H3,(H,19,20,21);2-10H,18-19H2,1H3,(H,20,21,22);2-10,22H,1H3,(H,18,19,20). The van der Waals surface area contributed by atoms with E-state index in [0.29, 0.717) is 80.4 Å². The van der Waals surface area contributed by atoms with Gasteiger partial charge in [0.25, 0.3) is 0 Å². The van der Waals surface area contributed by atoms with Crippen molar-refractivity contribution in [2.24, 2.45) is 0 Å². The zero-order valence-electron chi connectivity index (χ0n) is 54.7. The Hall–Kier alpha value is -14.1. The molecular weight excluding hydrogens is 1280 g/mol. The maximum Gasteiger partial charge on any atom is 0.311 e. The van der Waals surface area contributed by atoms with Crippen LogP contribution in [0, 0.1) is 44.2 Å². The predicted octanol–water partition coefficient (Wildman–Crippen LogP) is 14.8. The number of hydrogen-bond donors (Lipinski definition) is 7. The topological polar surface area (TPSA) is 399 Å². The lowest BCUT2D eigenvalue weighted by Crippen LogP contribution is -1.99. The molecule has 4 heterocycles. The van der Waals surface area contributed by atoms with Gasteiger partial charge in [0, 0.05) is 99.7 Å². The Morgan fingerprint density at radius 3 is 1.09 bits per heavy atom. The van der Waals surface area contributed by atoms with E-state index in [1.165, 1.54) is 57.2 Å². The number of hydrogen-bond acceptors (Lipinski definition) is 26. The number of methoxy groups -OCH3 is 5. The molecule has 9 N–H and O–H groups in total. The van der Waals surface area contributed by atoms with Crippen LogP contribution in [0.25, 0.3) is 45.0 Å². The van der Waals surface area contributed by atoms with Gasteiger partial charge in [-0.05, 0) is 171 Å². The van der Waals surface area contributed by atoms with Crippen LogP contribution in [0.2, 0.25) is 0 Å². The number of ether oxygens (including phenoxy) is 5. The predicted molar refractivity (Wildman–Crippen MR) is 381 cm³/mol. The summed E-state index contributed by atoms with van der Waals surface area (Å²) in [5, 5.41) is 55.4. The lowest BCUT2D eigenvalue weighted by molar-refractivity contribution is -0.385. The minimum atomic E-state index is -0.505. The van der Waals surface area contributed by atoms with Crippen molar-refractivity contribution in [1.29, 1.82) is 0 Å². The first-order valence-electron chi connectivity index (χ1n) is 30.0. The Balaban J connectivity index is 0.000000156. The molecule has 0 aliphatic carbocycles. The molecule has 0 amide bonds. The Bertz CT molecular complexity index is 4880. The number of aryl methyl sites for hydroxylation is 2. The Morgan fingerprint density at radius 1 is 0.370 bits per heavy atom. The maximum absolute atomic E-state index is 11.2. The summed E-state index contributed by atoms with van der Waals surface area (Å²) in [6.07, 6.45) is 6.44.